The summed E-state index contributed by atoms with van der Waals surface area (Å²) in [7, 11) is 0. The van der Waals surface area contributed by atoms with Crippen LogP contribution >= 0.6 is 0 Å². The second-order valence-electron chi connectivity index (χ2n) is 7.78. The number of halogens is 1. The number of carbonyl (C=O) groups excluding carboxylic acids is 3. The summed E-state index contributed by atoms with van der Waals surface area (Å²) in [6.07, 6.45) is -1.80. The van der Waals surface area contributed by atoms with Gasteiger partial charge in [-0.2, -0.15) is 0 Å². The maximum absolute atomic E-state index is 13.6. The molecule has 0 saturated heterocycles. The Labute approximate surface area is 199 Å². The number of carbonyl (C=O) groups is 3. The minimum Gasteiger partial charge on any atom is -0.377 e. The number of rotatable bonds is 22. The van der Waals surface area contributed by atoms with Crippen LogP contribution in [0.3, 0.4) is 0 Å². The second kappa shape index (κ2) is 20.9. The predicted octanol–water partition coefficient (Wildman–Crippen LogP) is 1.01. The lowest BCUT2D eigenvalue weighted by Gasteiger charge is -2.12. The van der Waals surface area contributed by atoms with Crippen LogP contribution in [0.15, 0.2) is 0 Å². The molecule has 2 amide bonds. The first-order valence-corrected chi connectivity index (χ1v) is 11.4. The second-order valence-corrected chi connectivity index (χ2v) is 7.78. The number of nitrogens with one attached hydrogen (secondary N) is 2. The van der Waals surface area contributed by atoms with Crippen LogP contribution in [-0.4, -0.2) is 103 Å². The third-order valence-electron chi connectivity index (χ3n) is 4.19. The fourth-order valence-corrected chi connectivity index (χ4v) is 2.06. The van der Waals surface area contributed by atoms with E-state index in [1.54, 1.807) is 13.8 Å². The van der Waals surface area contributed by atoms with Gasteiger partial charge in [-0.3, -0.25) is 14.4 Å². The average molecular weight is 485 g/mol. The smallest absolute Gasteiger partial charge is 0.256 e. The van der Waals surface area contributed by atoms with E-state index >= 15 is 0 Å². The summed E-state index contributed by atoms with van der Waals surface area (Å²) >= 11 is 0. The highest BCUT2D eigenvalue weighted by Crippen LogP contribution is 1.95. The third kappa shape index (κ3) is 19.5. The average Bonchev–Trinajstić information content (AvgIpc) is 2.78. The molecular weight excluding hydrogens is 439 g/mol. The first-order valence-electron chi connectivity index (χ1n) is 11.4. The van der Waals surface area contributed by atoms with Crippen LogP contribution in [-0.2, 0) is 38.1 Å². The Balaban J connectivity index is -0.00000512. The van der Waals surface area contributed by atoms with Crippen molar-refractivity contribution in [1.29, 1.82) is 0 Å². The van der Waals surface area contributed by atoms with Crippen LogP contribution in [0.5, 0.6) is 0 Å². The van der Waals surface area contributed by atoms with Crippen molar-refractivity contribution in [2.45, 2.75) is 33.9 Å². The number of hydrogen-bond donors (Lipinski definition) is 2. The van der Waals surface area contributed by atoms with Crippen LogP contribution in [0.1, 0.15) is 30.5 Å². The zero-order valence-corrected chi connectivity index (χ0v) is 20.4. The molecule has 0 aliphatic carbocycles. The molecule has 0 aliphatic rings. The van der Waals surface area contributed by atoms with Gasteiger partial charge in [-0.25, -0.2) is 4.39 Å². The van der Waals surface area contributed by atoms with E-state index in [4.69, 9.17) is 23.7 Å². The van der Waals surface area contributed by atoms with Crippen molar-refractivity contribution in [3.63, 3.8) is 0 Å². The van der Waals surface area contributed by atoms with Gasteiger partial charge < -0.3 is 34.3 Å². The Morgan fingerprint density at radius 1 is 0.667 bits per heavy atom. The fraction of sp³-hybridized carbons (Fsp3) is 0.864. The highest BCUT2D eigenvalue weighted by Gasteiger charge is 2.18. The van der Waals surface area contributed by atoms with E-state index < -0.39 is 12.1 Å². The molecule has 0 bridgehead atoms. The number of amides is 2. The van der Waals surface area contributed by atoms with Crippen LogP contribution in [0, 0.1) is 11.8 Å². The van der Waals surface area contributed by atoms with Crippen molar-refractivity contribution >= 4 is 17.6 Å². The van der Waals surface area contributed by atoms with E-state index in [1.165, 1.54) is 0 Å². The Morgan fingerprint density at radius 3 is 1.58 bits per heavy atom. The van der Waals surface area contributed by atoms with Gasteiger partial charge in [0.1, 0.15) is 6.61 Å². The quantitative estimate of drug-likeness (QED) is 0.219. The standard InChI is InChI=1S/C22H41FN2O8.2H2/c1-17(2)20(26)16-33-14-13-32-12-11-31-10-9-30-8-7-29-6-5-24-22(28)19(23)15-25-21(27)18(3)4;;/h17-19H,5-16H2,1-4H3,(H,24,28)(H,25,27);2*1H. The highest BCUT2D eigenvalue weighted by atomic mass is 19.1. The van der Waals surface area contributed by atoms with Crippen molar-refractivity contribution < 1.29 is 45.3 Å². The molecule has 0 aromatic carbocycles. The van der Waals surface area contributed by atoms with E-state index in [0.717, 1.165) is 0 Å². The maximum atomic E-state index is 13.6. The van der Waals surface area contributed by atoms with Crippen LogP contribution in [0.4, 0.5) is 4.39 Å². The van der Waals surface area contributed by atoms with Crippen molar-refractivity contribution in [2.24, 2.45) is 11.8 Å². The third-order valence-corrected chi connectivity index (χ3v) is 4.19. The van der Waals surface area contributed by atoms with Gasteiger partial charge in [0.15, 0.2) is 12.0 Å². The van der Waals surface area contributed by atoms with Crippen molar-refractivity contribution in [3.05, 3.63) is 0 Å². The van der Waals surface area contributed by atoms with Crippen LogP contribution < -0.4 is 10.6 Å². The monoisotopic (exact) mass is 484 g/mol. The molecule has 33 heavy (non-hydrogen) atoms. The normalized spacial score (nSPS) is 12.2. The van der Waals surface area contributed by atoms with Crippen LogP contribution in [0.25, 0.3) is 0 Å². The Bertz CT molecular complexity index is 546. The molecule has 0 fully saturated rings. The Kier molecular flexibility index (Phi) is 19.9. The molecule has 11 heteroatoms. The van der Waals surface area contributed by atoms with Crippen molar-refractivity contribution in [2.75, 3.05) is 79.2 Å². The molecule has 1 atom stereocenters. The molecule has 0 aromatic heterocycles. The van der Waals surface area contributed by atoms with E-state index in [0.29, 0.717) is 52.9 Å². The molecule has 10 nitrogen and oxygen atoms in total. The van der Waals surface area contributed by atoms with E-state index in [-0.39, 0.29) is 52.7 Å². The molecular formula is C22H45FN2O8. The number of ether oxygens (including phenoxy) is 5. The van der Waals surface area contributed by atoms with Gasteiger partial charge in [-0.05, 0) is 0 Å². The summed E-state index contributed by atoms with van der Waals surface area (Å²) in [5.41, 5.74) is 0. The number of ketones is 1. The molecule has 2 N–H and O–H groups in total. The summed E-state index contributed by atoms with van der Waals surface area (Å²) in [4.78, 5) is 34.3. The van der Waals surface area contributed by atoms with Gasteiger partial charge in [-0.15, -0.1) is 0 Å². The Hall–Kier alpha value is -1.66. The van der Waals surface area contributed by atoms with Gasteiger partial charge in [0.25, 0.3) is 5.91 Å². The molecule has 0 saturated carbocycles. The molecule has 0 heterocycles. The van der Waals surface area contributed by atoms with Crippen molar-refractivity contribution in [3.8, 4) is 0 Å². The van der Waals surface area contributed by atoms with E-state index in [9.17, 15) is 18.8 Å². The molecule has 0 spiro atoms. The van der Waals surface area contributed by atoms with Gasteiger partial charge >= 0.3 is 0 Å². The van der Waals surface area contributed by atoms with Crippen molar-refractivity contribution in [1.82, 2.24) is 10.6 Å². The van der Waals surface area contributed by atoms with Gasteiger partial charge in [0, 0.05) is 21.2 Å². The minimum absolute atomic E-state index is 0. The lowest BCUT2D eigenvalue weighted by Crippen LogP contribution is -2.42. The molecule has 0 radical (unpaired) electrons. The maximum Gasteiger partial charge on any atom is 0.256 e. The Morgan fingerprint density at radius 2 is 1.12 bits per heavy atom. The molecule has 0 aliphatic heterocycles. The number of alkyl halides is 1. The number of hydrogen-bond acceptors (Lipinski definition) is 8. The van der Waals surface area contributed by atoms with Crippen LogP contribution in [0.2, 0.25) is 0 Å². The zero-order chi connectivity index (χ0) is 24.9. The topological polar surface area (TPSA) is 121 Å². The molecule has 1 unspecified atom stereocenters. The largest absolute Gasteiger partial charge is 0.377 e. The van der Waals surface area contributed by atoms with E-state index in [2.05, 4.69) is 10.6 Å². The van der Waals surface area contributed by atoms with Gasteiger partial charge in [0.2, 0.25) is 5.91 Å². The minimum atomic E-state index is -1.80. The first kappa shape index (κ1) is 31.3. The molecule has 198 valence electrons. The first-order chi connectivity index (χ1) is 15.8. The SMILES string of the molecule is CC(C)C(=O)COCCOCCOCCOCCOCCNC(=O)C(F)CNC(=O)C(C)C.[HH].[HH]. The summed E-state index contributed by atoms with van der Waals surface area (Å²) in [6.45, 7) is 10.4. The summed E-state index contributed by atoms with van der Waals surface area (Å²) < 4.78 is 40.2. The predicted molar refractivity (Wildman–Crippen MR) is 124 cm³/mol. The molecule has 0 aromatic rings. The zero-order valence-electron chi connectivity index (χ0n) is 20.4. The summed E-state index contributed by atoms with van der Waals surface area (Å²) in [5.74, 6) is -1.29. The van der Waals surface area contributed by atoms with Gasteiger partial charge in [0.05, 0.1) is 66.0 Å². The molecule has 0 rings (SSSR count). The lowest BCUT2D eigenvalue weighted by atomic mass is 10.1. The summed E-state index contributed by atoms with van der Waals surface area (Å²) in [5, 5.41) is 4.78. The summed E-state index contributed by atoms with van der Waals surface area (Å²) in [6, 6.07) is 0. The fourth-order valence-electron chi connectivity index (χ4n) is 2.06. The van der Waals surface area contributed by atoms with Gasteiger partial charge in [-0.1, -0.05) is 27.7 Å². The lowest BCUT2D eigenvalue weighted by molar-refractivity contribution is -0.128. The number of Topliss-reactive ketones (excluding diaryl/α,β-unsaturated/α-hetero) is 1. The van der Waals surface area contributed by atoms with E-state index in [1.807, 2.05) is 13.8 Å². The highest BCUT2D eigenvalue weighted by molar-refractivity contribution is 5.83.